The van der Waals surface area contributed by atoms with E-state index in [1.54, 1.807) is 11.3 Å². The van der Waals surface area contributed by atoms with Gasteiger partial charge in [-0.2, -0.15) is 0 Å². The van der Waals surface area contributed by atoms with Crippen molar-refractivity contribution in [2.45, 2.75) is 89.1 Å². The molecule has 0 bridgehead atoms. The van der Waals surface area contributed by atoms with Crippen LogP contribution < -0.4 is 4.74 Å². The van der Waals surface area contributed by atoms with Gasteiger partial charge in [-0.15, -0.1) is 45.3 Å². The number of hydrogen-bond acceptors (Lipinski definition) is 11. The van der Waals surface area contributed by atoms with E-state index in [9.17, 15) is 0 Å². The van der Waals surface area contributed by atoms with Crippen molar-refractivity contribution in [1.29, 1.82) is 0 Å². The maximum absolute atomic E-state index is 7.31. The topological polar surface area (TPSA) is 34.0 Å². The first-order valence-electron chi connectivity index (χ1n) is 17.1. The van der Waals surface area contributed by atoms with Gasteiger partial charge in [0.1, 0.15) is 15.6 Å². The van der Waals surface area contributed by atoms with Gasteiger partial charge in [0, 0.05) is 53.4 Å². The summed E-state index contributed by atoms with van der Waals surface area (Å²) in [6.07, 6.45) is 15.4. The zero-order valence-corrected chi connectivity index (χ0v) is 32.3. The minimum absolute atomic E-state index is 0.296. The molecule has 0 amide bonds. The molecule has 47 heavy (non-hydrogen) atoms. The number of hydrogen-bond donors (Lipinski definition) is 0. The Labute approximate surface area is 311 Å². The van der Waals surface area contributed by atoms with Crippen LogP contribution in [0.15, 0.2) is 22.1 Å². The van der Waals surface area contributed by atoms with E-state index in [4.69, 9.17) is 63.6 Å². The Bertz CT molecular complexity index is 2080. The molecular weight excluding hydrogens is 733 g/mol. The maximum Gasteiger partial charge on any atom is 0.158 e. The average molecular weight is 765 g/mol. The van der Waals surface area contributed by atoms with Crippen LogP contribution in [0.25, 0.3) is 28.6 Å². The Morgan fingerprint density at radius 2 is 1.04 bits per heavy atom. The van der Waals surface area contributed by atoms with Gasteiger partial charge in [-0.05, 0) is 63.5 Å². The van der Waals surface area contributed by atoms with Gasteiger partial charge < -0.3 is 4.74 Å². The van der Waals surface area contributed by atoms with Crippen LogP contribution in [0.1, 0.15) is 89.0 Å². The summed E-state index contributed by atoms with van der Waals surface area (Å²) in [5.74, 6) is 2.75. The normalized spacial score (nSPS) is 28.2. The summed E-state index contributed by atoms with van der Waals surface area (Å²) in [4.78, 5) is 17.0. The summed E-state index contributed by atoms with van der Waals surface area (Å²) in [7, 11) is 0. The first-order chi connectivity index (χ1) is 22.9. The number of nitrogens with zero attached hydrogens (tertiary/aromatic N) is 2. The molecule has 240 valence electrons. The molecule has 4 aromatic heterocycles. The summed E-state index contributed by atoms with van der Waals surface area (Å²) in [5.41, 5.74) is 2.95. The molecule has 5 fully saturated rings. The predicted octanol–water partition coefficient (Wildman–Crippen LogP) is 12.7. The second-order valence-corrected chi connectivity index (χ2v) is 20.1. The summed E-state index contributed by atoms with van der Waals surface area (Å²) < 4.78 is 12.4. The molecule has 5 heterocycles. The zero-order chi connectivity index (χ0) is 31.6. The molecule has 0 N–H and O–H groups in total. The van der Waals surface area contributed by atoms with Crippen molar-refractivity contribution in [2.75, 3.05) is 0 Å². The van der Waals surface area contributed by atoms with Gasteiger partial charge >= 0.3 is 0 Å². The van der Waals surface area contributed by atoms with Crippen LogP contribution in [0.4, 0.5) is 10.0 Å². The quantitative estimate of drug-likeness (QED) is 0.190. The minimum atomic E-state index is -0.296. The van der Waals surface area contributed by atoms with Crippen molar-refractivity contribution < 1.29 is 4.74 Å². The monoisotopic (exact) mass is 764 g/mol. The average Bonchev–Trinajstić information content (AvgIpc) is 3.91. The molecule has 1 aliphatic heterocycles. The third kappa shape index (κ3) is 4.59. The Hall–Kier alpha value is -1.18. The molecule has 10 rings (SSSR count). The number of fused-ring (bicyclic) bond motifs is 10. The van der Waals surface area contributed by atoms with Gasteiger partial charge in [-0.3, -0.25) is 0 Å². The van der Waals surface area contributed by atoms with E-state index in [1.165, 1.54) is 79.1 Å². The van der Waals surface area contributed by atoms with Gasteiger partial charge in [0.15, 0.2) is 5.75 Å². The summed E-state index contributed by atoms with van der Waals surface area (Å²) in [6.45, 7) is 0. The highest BCUT2D eigenvalue weighted by atomic mass is 32.1. The fraction of sp³-hybridized carbons (Fsp3) is 0.500. The summed E-state index contributed by atoms with van der Waals surface area (Å²) >= 11 is 31.2. The smallest absolute Gasteiger partial charge is 0.158 e. The van der Waals surface area contributed by atoms with Gasteiger partial charge in [-0.1, -0.05) is 81.0 Å². The van der Waals surface area contributed by atoms with Gasteiger partial charge in [-0.25, -0.2) is 9.98 Å². The number of thiocarbonyl (C=S) groups is 4. The molecule has 6 aliphatic rings. The molecule has 0 aromatic carbocycles. The van der Waals surface area contributed by atoms with E-state index < -0.39 is 0 Å². The van der Waals surface area contributed by atoms with Crippen molar-refractivity contribution in [3.05, 3.63) is 17.7 Å². The van der Waals surface area contributed by atoms with E-state index in [-0.39, 0.29) is 5.60 Å². The molecule has 11 heteroatoms. The summed E-state index contributed by atoms with van der Waals surface area (Å²) in [6, 6.07) is 4.53. The molecule has 3 nitrogen and oxygen atoms in total. The van der Waals surface area contributed by atoms with Crippen LogP contribution >= 0.6 is 94.2 Å². The molecule has 0 saturated heterocycles. The number of aliphatic imine (C=N–C) groups is 2. The summed E-state index contributed by atoms with van der Waals surface area (Å²) in [5, 5.41) is 2.03. The van der Waals surface area contributed by atoms with Crippen LogP contribution in [0.2, 0.25) is 0 Å². The molecule has 5 aliphatic carbocycles. The lowest BCUT2D eigenvalue weighted by Crippen LogP contribution is -2.37. The van der Waals surface area contributed by atoms with E-state index in [1.807, 2.05) is 34.0 Å². The molecule has 4 aromatic rings. The standard InChI is InChI=1S/C36H32N2OS8/c40-28-16-8-2-3-9-17(16)29(41)25(28)37-22-14-20-32(46-22)24-34(44-20)35-27(39-36(24)12-6-1-7-13-36)33-21(45-35)15-23(47-33)38-26-30(42)18-10-4-5-11-19(18)31(26)43/h14-19H,1-13H2. The van der Waals surface area contributed by atoms with Crippen LogP contribution in [0, 0.1) is 23.7 Å². The second-order valence-electron chi connectivity index (χ2n) is 14.2. The highest BCUT2D eigenvalue weighted by Gasteiger charge is 2.47. The Morgan fingerprint density at radius 1 is 0.574 bits per heavy atom. The molecule has 1 spiro atoms. The molecule has 0 radical (unpaired) electrons. The van der Waals surface area contributed by atoms with Crippen LogP contribution in [0.3, 0.4) is 0 Å². The minimum Gasteiger partial charge on any atom is -0.479 e. The maximum atomic E-state index is 7.31. The lowest BCUT2D eigenvalue weighted by Gasteiger charge is -2.40. The van der Waals surface area contributed by atoms with Crippen molar-refractivity contribution in [3.63, 3.8) is 0 Å². The fourth-order valence-corrected chi connectivity index (χ4v) is 16.3. The van der Waals surface area contributed by atoms with Crippen molar-refractivity contribution >= 4 is 154 Å². The fourth-order valence-electron chi connectivity index (χ4n) is 9.28. The van der Waals surface area contributed by atoms with E-state index in [2.05, 4.69) is 12.1 Å². The van der Waals surface area contributed by atoms with Gasteiger partial charge in [0.05, 0.1) is 35.3 Å². The van der Waals surface area contributed by atoms with E-state index in [0.29, 0.717) is 23.7 Å². The number of ether oxygens (including phenoxy) is 1. The van der Waals surface area contributed by atoms with Gasteiger partial charge in [0.25, 0.3) is 0 Å². The first-order valence-corrected chi connectivity index (χ1v) is 22.0. The largest absolute Gasteiger partial charge is 0.479 e. The second kappa shape index (κ2) is 11.4. The third-order valence-corrected chi connectivity index (χ3v) is 18.3. The van der Waals surface area contributed by atoms with Crippen molar-refractivity contribution in [2.24, 2.45) is 33.7 Å². The molecular formula is C36H32N2OS8. The Balaban J connectivity index is 1.05. The predicted molar refractivity (Wildman–Crippen MR) is 219 cm³/mol. The van der Waals surface area contributed by atoms with Crippen LogP contribution in [-0.4, -0.2) is 30.9 Å². The van der Waals surface area contributed by atoms with Crippen molar-refractivity contribution in [1.82, 2.24) is 0 Å². The Morgan fingerprint density at radius 3 is 1.57 bits per heavy atom. The number of thiophene rings is 4. The van der Waals surface area contributed by atoms with Crippen LogP contribution in [0.5, 0.6) is 5.75 Å². The molecule has 5 saturated carbocycles. The van der Waals surface area contributed by atoms with E-state index >= 15 is 0 Å². The molecule has 4 atom stereocenters. The Kier molecular flexibility index (Phi) is 7.44. The van der Waals surface area contributed by atoms with Crippen molar-refractivity contribution in [3.8, 4) is 15.5 Å². The SMILES string of the molecule is S=C1C(=Nc2cc3sc4c(c3s2)OC2(CCCCC2)c2c-4sc3cc(N=C4C(=S)C5CCCCC5C4=S)sc23)C(=S)C2CCCCC12. The first kappa shape index (κ1) is 30.6. The highest BCUT2D eigenvalue weighted by Crippen LogP contribution is 2.63. The highest BCUT2D eigenvalue weighted by molar-refractivity contribution is 7.86. The zero-order valence-electron chi connectivity index (χ0n) is 25.7. The van der Waals surface area contributed by atoms with E-state index in [0.717, 1.165) is 85.2 Å². The number of rotatable bonds is 2. The lowest BCUT2D eigenvalue weighted by atomic mass is 9.78. The lowest BCUT2D eigenvalue weighted by molar-refractivity contribution is 0.0282. The van der Waals surface area contributed by atoms with Crippen LogP contribution in [-0.2, 0) is 5.60 Å². The third-order valence-electron chi connectivity index (χ3n) is 11.5. The van der Waals surface area contributed by atoms with Gasteiger partial charge in [0.2, 0.25) is 0 Å². The molecule has 4 unspecified atom stereocenters.